The van der Waals surface area contributed by atoms with Gasteiger partial charge in [0.2, 0.25) is 0 Å². The Kier molecular flexibility index (Phi) is 3.63. The molecular formula is C13H13BrN2. The van der Waals surface area contributed by atoms with Crippen LogP contribution in [0.1, 0.15) is 24.8 Å². The molecule has 1 aliphatic rings. The number of benzene rings is 1. The number of allylic oxidation sites excluding steroid dienone is 1. The second kappa shape index (κ2) is 5.18. The molecule has 1 unspecified atom stereocenters. The van der Waals surface area contributed by atoms with Crippen molar-refractivity contribution in [2.75, 3.05) is 5.32 Å². The molecule has 0 saturated carbocycles. The van der Waals surface area contributed by atoms with Crippen molar-refractivity contribution in [3.05, 3.63) is 40.4 Å². The first-order valence-electron chi connectivity index (χ1n) is 5.41. The Morgan fingerprint density at radius 1 is 1.38 bits per heavy atom. The first-order chi connectivity index (χ1) is 7.81. The van der Waals surface area contributed by atoms with Crippen LogP contribution < -0.4 is 5.32 Å². The lowest BCUT2D eigenvalue weighted by Gasteiger charge is -2.21. The SMILES string of the molecule is N#Cc1c(Br)cccc1NC1CC=CCC1. The summed E-state index contributed by atoms with van der Waals surface area (Å²) in [6.45, 7) is 0. The second-order valence-electron chi connectivity index (χ2n) is 3.90. The Bertz CT molecular complexity index is 446. The highest BCUT2D eigenvalue weighted by atomic mass is 79.9. The van der Waals surface area contributed by atoms with Gasteiger partial charge in [-0.2, -0.15) is 5.26 Å². The van der Waals surface area contributed by atoms with Crippen molar-refractivity contribution < 1.29 is 0 Å². The number of hydrogen-bond acceptors (Lipinski definition) is 2. The van der Waals surface area contributed by atoms with Crippen LogP contribution in [0.3, 0.4) is 0 Å². The lowest BCUT2D eigenvalue weighted by atomic mass is 10.0. The molecule has 1 N–H and O–H groups in total. The maximum absolute atomic E-state index is 9.09. The molecule has 0 bridgehead atoms. The van der Waals surface area contributed by atoms with Crippen LogP contribution in [0.2, 0.25) is 0 Å². The lowest BCUT2D eigenvalue weighted by molar-refractivity contribution is 0.644. The number of nitriles is 1. The zero-order valence-corrected chi connectivity index (χ0v) is 10.5. The van der Waals surface area contributed by atoms with Gasteiger partial charge in [-0.3, -0.25) is 0 Å². The zero-order valence-electron chi connectivity index (χ0n) is 8.91. The normalized spacial score (nSPS) is 19.1. The summed E-state index contributed by atoms with van der Waals surface area (Å²) >= 11 is 3.40. The number of hydrogen-bond donors (Lipinski definition) is 1. The Morgan fingerprint density at radius 3 is 2.94 bits per heavy atom. The van der Waals surface area contributed by atoms with Crippen molar-refractivity contribution >= 4 is 21.6 Å². The highest BCUT2D eigenvalue weighted by Gasteiger charge is 2.12. The van der Waals surface area contributed by atoms with Crippen LogP contribution in [-0.4, -0.2) is 6.04 Å². The average Bonchev–Trinajstić information content (AvgIpc) is 2.31. The quantitative estimate of drug-likeness (QED) is 0.834. The maximum Gasteiger partial charge on any atom is 0.103 e. The zero-order chi connectivity index (χ0) is 11.4. The highest BCUT2D eigenvalue weighted by Crippen LogP contribution is 2.26. The molecule has 0 saturated heterocycles. The van der Waals surface area contributed by atoms with Crippen LogP contribution in [0.15, 0.2) is 34.8 Å². The molecular weight excluding hydrogens is 264 g/mol. The van der Waals surface area contributed by atoms with Crippen molar-refractivity contribution in [2.45, 2.75) is 25.3 Å². The van der Waals surface area contributed by atoms with Gasteiger partial charge < -0.3 is 5.32 Å². The molecule has 1 aromatic carbocycles. The van der Waals surface area contributed by atoms with E-state index in [0.717, 1.165) is 29.4 Å². The molecule has 1 aliphatic carbocycles. The molecule has 1 aromatic rings. The Hall–Kier alpha value is -1.27. The molecule has 82 valence electrons. The van der Waals surface area contributed by atoms with Crippen LogP contribution in [0.25, 0.3) is 0 Å². The third-order valence-electron chi connectivity index (χ3n) is 2.75. The number of halogens is 1. The lowest BCUT2D eigenvalue weighted by Crippen LogP contribution is -2.20. The standard InChI is InChI=1S/C13H13BrN2/c14-12-7-4-8-13(11(12)9-15)16-10-5-2-1-3-6-10/h1-2,4,7-8,10,16H,3,5-6H2. The molecule has 0 heterocycles. The topological polar surface area (TPSA) is 35.8 Å². The van der Waals surface area contributed by atoms with Gasteiger partial charge in [0.25, 0.3) is 0 Å². The predicted octanol–water partition coefficient (Wildman–Crippen LogP) is 3.84. The monoisotopic (exact) mass is 276 g/mol. The number of nitrogens with zero attached hydrogens (tertiary/aromatic N) is 1. The Morgan fingerprint density at radius 2 is 2.25 bits per heavy atom. The van der Waals surface area contributed by atoms with Crippen molar-refractivity contribution in [2.24, 2.45) is 0 Å². The maximum atomic E-state index is 9.09. The third-order valence-corrected chi connectivity index (χ3v) is 3.41. The van der Waals surface area contributed by atoms with Gasteiger partial charge in [-0.15, -0.1) is 0 Å². The van der Waals surface area contributed by atoms with E-state index in [-0.39, 0.29) is 0 Å². The van der Waals surface area contributed by atoms with Gasteiger partial charge in [-0.25, -0.2) is 0 Å². The molecule has 16 heavy (non-hydrogen) atoms. The van der Waals surface area contributed by atoms with E-state index in [4.69, 9.17) is 5.26 Å². The minimum Gasteiger partial charge on any atom is -0.381 e. The van der Waals surface area contributed by atoms with Crippen LogP contribution in [0.4, 0.5) is 5.69 Å². The molecule has 0 radical (unpaired) electrons. The van der Waals surface area contributed by atoms with Crippen molar-refractivity contribution in [1.29, 1.82) is 5.26 Å². The minimum atomic E-state index is 0.450. The fourth-order valence-corrected chi connectivity index (χ4v) is 2.36. The van der Waals surface area contributed by atoms with Crippen LogP contribution in [-0.2, 0) is 0 Å². The molecule has 0 amide bonds. The summed E-state index contributed by atoms with van der Waals surface area (Å²) < 4.78 is 0.853. The van der Waals surface area contributed by atoms with E-state index >= 15 is 0 Å². The van der Waals surface area contributed by atoms with Crippen LogP contribution in [0, 0.1) is 11.3 Å². The predicted molar refractivity (Wildman–Crippen MR) is 69.3 cm³/mol. The van der Waals surface area contributed by atoms with E-state index in [1.54, 1.807) is 0 Å². The molecule has 3 heteroatoms. The average molecular weight is 277 g/mol. The fraction of sp³-hybridized carbons (Fsp3) is 0.308. The molecule has 0 fully saturated rings. The van der Waals surface area contributed by atoms with Gasteiger partial charge in [0, 0.05) is 10.5 Å². The van der Waals surface area contributed by atoms with Gasteiger partial charge in [-0.05, 0) is 47.3 Å². The highest BCUT2D eigenvalue weighted by molar-refractivity contribution is 9.10. The summed E-state index contributed by atoms with van der Waals surface area (Å²) in [6, 6.07) is 8.48. The third kappa shape index (κ3) is 2.45. The molecule has 1 atom stereocenters. The van der Waals surface area contributed by atoms with E-state index in [1.165, 1.54) is 0 Å². The Labute approximate surface area is 104 Å². The second-order valence-corrected chi connectivity index (χ2v) is 4.75. The minimum absolute atomic E-state index is 0.450. The van der Waals surface area contributed by atoms with E-state index in [9.17, 15) is 0 Å². The first-order valence-corrected chi connectivity index (χ1v) is 6.20. The molecule has 0 aliphatic heterocycles. The molecule has 0 spiro atoms. The van der Waals surface area contributed by atoms with E-state index in [2.05, 4.69) is 39.5 Å². The molecule has 2 rings (SSSR count). The van der Waals surface area contributed by atoms with Crippen molar-refractivity contribution in [3.63, 3.8) is 0 Å². The number of rotatable bonds is 2. The summed E-state index contributed by atoms with van der Waals surface area (Å²) in [5.74, 6) is 0. The van der Waals surface area contributed by atoms with E-state index < -0.39 is 0 Å². The van der Waals surface area contributed by atoms with Gasteiger partial charge in [0.1, 0.15) is 6.07 Å². The van der Waals surface area contributed by atoms with Gasteiger partial charge in [-0.1, -0.05) is 18.2 Å². The Balaban J connectivity index is 2.18. The number of nitrogens with one attached hydrogen (secondary N) is 1. The van der Waals surface area contributed by atoms with E-state index in [0.29, 0.717) is 11.6 Å². The summed E-state index contributed by atoms with van der Waals surface area (Å²) in [5.41, 5.74) is 1.62. The van der Waals surface area contributed by atoms with Crippen molar-refractivity contribution in [3.8, 4) is 6.07 Å². The van der Waals surface area contributed by atoms with Gasteiger partial charge in [0.05, 0.1) is 11.3 Å². The summed E-state index contributed by atoms with van der Waals surface area (Å²) in [7, 11) is 0. The smallest absolute Gasteiger partial charge is 0.103 e. The van der Waals surface area contributed by atoms with E-state index in [1.807, 2.05) is 18.2 Å². The van der Waals surface area contributed by atoms with Gasteiger partial charge in [0.15, 0.2) is 0 Å². The summed E-state index contributed by atoms with van der Waals surface area (Å²) in [6.07, 6.45) is 7.70. The fourth-order valence-electron chi connectivity index (χ4n) is 1.90. The molecule has 0 aromatic heterocycles. The number of anilines is 1. The van der Waals surface area contributed by atoms with Gasteiger partial charge >= 0.3 is 0 Å². The van der Waals surface area contributed by atoms with Crippen molar-refractivity contribution in [1.82, 2.24) is 0 Å². The van der Waals surface area contributed by atoms with Crippen LogP contribution in [0.5, 0.6) is 0 Å². The molecule has 2 nitrogen and oxygen atoms in total. The summed E-state index contributed by atoms with van der Waals surface area (Å²) in [4.78, 5) is 0. The largest absolute Gasteiger partial charge is 0.381 e. The summed E-state index contributed by atoms with van der Waals surface area (Å²) in [5, 5.41) is 12.5. The van der Waals surface area contributed by atoms with Crippen LogP contribution >= 0.6 is 15.9 Å². The first kappa shape index (κ1) is 11.2.